The molecule has 1 N–H and O–H groups in total. The van der Waals surface area contributed by atoms with E-state index in [0.717, 1.165) is 37.7 Å². The monoisotopic (exact) mass is 434 g/mol. The van der Waals surface area contributed by atoms with Crippen molar-refractivity contribution in [1.82, 2.24) is 15.1 Å². The van der Waals surface area contributed by atoms with E-state index in [9.17, 15) is 13.2 Å². The number of benzene rings is 1. The molecule has 0 atom stereocenters. The summed E-state index contributed by atoms with van der Waals surface area (Å²) in [7, 11) is 0. The van der Waals surface area contributed by atoms with E-state index in [1.807, 2.05) is 13.0 Å². The number of alkyl halides is 3. The molecule has 0 spiro atoms. The fourth-order valence-corrected chi connectivity index (χ4v) is 2.56. The van der Waals surface area contributed by atoms with Crippen molar-refractivity contribution in [3.63, 3.8) is 0 Å². The van der Waals surface area contributed by atoms with E-state index in [-0.39, 0.29) is 43.0 Å². The lowest BCUT2D eigenvalue weighted by molar-refractivity contribution is -0.274. The molecule has 1 aliphatic rings. The Hall–Kier alpha value is -1.35. The number of anilines is 1. The van der Waals surface area contributed by atoms with Crippen LogP contribution < -0.4 is 15.0 Å². The second-order valence-electron chi connectivity index (χ2n) is 5.33. The molecule has 0 amide bonds. The van der Waals surface area contributed by atoms with Gasteiger partial charge in [0.05, 0.1) is 5.69 Å². The number of nitrogens with zero attached hydrogens (tertiary/aromatic N) is 3. The summed E-state index contributed by atoms with van der Waals surface area (Å²) in [5, 5.41) is 7.84. The number of hydrogen-bond donors (Lipinski definition) is 1. The second kappa shape index (κ2) is 10.1. The molecule has 26 heavy (non-hydrogen) atoms. The molecule has 0 bridgehead atoms. The number of rotatable bonds is 3. The first-order chi connectivity index (χ1) is 10.9. The number of piperazine rings is 1. The maximum atomic E-state index is 12.2. The molecule has 2 aromatic rings. The minimum absolute atomic E-state index is 0. The van der Waals surface area contributed by atoms with Gasteiger partial charge in [-0.2, -0.15) is 5.10 Å². The van der Waals surface area contributed by atoms with E-state index in [0.29, 0.717) is 5.69 Å². The van der Waals surface area contributed by atoms with Gasteiger partial charge in [0.2, 0.25) is 0 Å². The zero-order valence-corrected chi connectivity index (χ0v) is 16.3. The highest BCUT2D eigenvalue weighted by molar-refractivity contribution is 5.86. The molecule has 1 aromatic carbocycles. The van der Waals surface area contributed by atoms with Crippen LogP contribution in [0.4, 0.5) is 19.0 Å². The van der Waals surface area contributed by atoms with Gasteiger partial charge < -0.3 is 15.0 Å². The lowest BCUT2D eigenvalue weighted by Crippen LogP contribution is -2.43. The molecule has 1 fully saturated rings. The Morgan fingerprint density at radius 1 is 1.04 bits per heavy atom. The highest BCUT2D eigenvalue weighted by Crippen LogP contribution is 2.25. The predicted molar refractivity (Wildman–Crippen MR) is 102 cm³/mol. The number of ether oxygens (including phenoxy) is 1. The van der Waals surface area contributed by atoms with Crippen LogP contribution in [0.25, 0.3) is 5.69 Å². The largest absolute Gasteiger partial charge is 0.573 e. The van der Waals surface area contributed by atoms with Crippen LogP contribution >= 0.6 is 37.2 Å². The quantitative estimate of drug-likeness (QED) is 0.797. The van der Waals surface area contributed by atoms with E-state index in [2.05, 4.69) is 20.1 Å². The molecule has 2 heterocycles. The molecular weight excluding hydrogens is 416 g/mol. The molecular formula is C15H20Cl3F3N4O. The highest BCUT2D eigenvalue weighted by Gasteiger charge is 2.31. The van der Waals surface area contributed by atoms with E-state index in [1.54, 1.807) is 16.8 Å². The molecule has 1 saturated heterocycles. The zero-order valence-electron chi connectivity index (χ0n) is 13.8. The summed E-state index contributed by atoms with van der Waals surface area (Å²) < 4.78 is 42.2. The van der Waals surface area contributed by atoms with Crippen molar-refractivity contribution in [2.75, 3.05) is 31.1 Å². The van der Waals surface area contributed by atoms with Gasteiger partial charge in [0.15, 0.2) is 5.82 Å². The van der Waals surface area contributed by atoms with Crippen molar-refractivity contribution >= 4 is 43.0 Å². The van der Waals surface area contributed by atoms with E-state index in [4.69, 9.17) is 0 Å². The fraction of sp³-hybridized carbons (Fsp3) is 0.400. The third-order valence-electron chi connectivity index (χ3n) is 3.63. The highest BCUT2D eigenvalue weighted by atomic mass is 35.5. The third kappa shape index (κ3) is 6.12. The van der Waals surface area contributed by atoms with Crippen molar-refractivity contribution in [2.24, 2.45) is 0 Å². The Balaban J connectivity index is 0.00000208. The smallest absolute Gasteiger partial charge is 0.406 e. The summed E-state index contributed by atoms with van der Waals surface area (Å²) >= 11 is 0. The maximum Gasteiger partial charge on any atom is 0.573 e. The zero-order chi connectivity index (χ0) is 16.4. The maximum absolute atomic E-state index is 12.2. The van der Waals surface area contributed by atoms with Crippen LogP contribution in [0.5, 0.6) is 5.75 Å². The van der Waals surface area contributed by atoms with Gasteiger partial charge in [-0.25, -0.2) is 4.68 Å². The van der Waals surface area contributed by atoms with Crippen LogP contribution in [0.3, 0.4) is 0 Å². The molecule has 1 aromatic heterocycles. The Labute approximate surface area is 168 Å². The van der Waals surface area contributed by atoms with Crippen molar-refractivity contribution in [3.8, 4) is 11.4 Å². The number of aromatic nitrogens is 2. The van der Waals surface area contributed by atoms with Crippen LogP contribution in [0.15, 0.2) is 30.3 Å². The SMILES string of the molecule is Cc1cc(N2CCNCC2)nn1-c1ccc(OC(F)(F)F)cc1.Cl.Cl.Cl. The van der Waals surface area contributed by atoms with Crippen LogP contribution in [-0.4, -0.2) is 42.3 Å². The van der Waals surface area contributed by atoms with Gasteiger partial charge in [0.25, 0.3) is 0 Å². The standard InChI is InChI=1S/C15H17F3N4O.3ClH/c1-11-10-14(21-8-6-19-7-9-21)20-22(11)12-2-4-13(5-3-12)23-15(16,17)18;;;/h2-5,10,19H,6-9H2,1H3;3*1H. The van der Waals surface area contributed by atoms with E-state index < -0.39 is 6.36 Å². The van der Waals surface area contributed by atoms with Crippen LogP contribution in [0.2, 0.25) is 0 Å². The Morgan fingerprint density at radius 2 is 1.62 bits per heavy atom. The number of hydrogen-bond acceptors (Lipinski definition) is 4. The van der Waals surface area contributed by atoms with Crippen LogP contribution in [-0.2, 0) is 0 Å². The van der Waals surface area contributed by atoms with Gasteiger partial charge in [-0.15, -0.1) is 50.4 Å². The molecule has 1 aliphatic heterocycles. The van der Waals surface area contributed by atoms with Gasteiger partial charge in [-0.3, -0.25) is 0 Å². The molecule has 148 valence electrons. The molecule has 0 radical (unpaired) electrons. The van der Waals surface area contributed by atoms with E-state index >= 15 is 0 Å². The summed E-state index contributed by atoms with van der Waals surface area (Å²) in [6, 6.07) is 7.67. The second-order valence-corrected chi connectivity index (χ2v) is 5.33. The Morgan fingerprint density at radius 3 is 2.15 bits per heavy atom. The van der Waals surface area contributed by atoms with Crippen LogP contribution in [0.1, 0.15) is 5.69 Å². The number of aryl methyl sites for hydroxylation is 1. The van der Waals surface area contributed by atoms with Gasteiger partial charge in [0.1, 0.15) is 5.75 Å². The molecule has 0 unspecified atom stereocenters. The molecule has 11 heteroatoms. The lowest BCUT2D eigenvalue weighted by atomic mass is 10.3. The summed E-state index contributed by atoms with van der Waals surface area (Å²) in [6.45, 7) is 5.51. The first-order valence-electron chi connectivity index (χ1n) is 7.31. The number of nitrogens with one attached hydrogen (secondary N) is 1. The van der Waals surface area contributed by atoms with Crippen molar-refractivity contribution < 1.29 is 17.9 Å². The third-order valence-corrected chi connectivity index (χ3v) is 3.63. The molecule has 0 aliphatic carbocycles. The Kier molecular flexibility index (Phi) is 9.58. The average molecular weight is 436 g/mol. The fourth-order valence-electron chi connectivity index (χ4n) is 2.56. The van der Waals surface area contributed by atoms with Gasteiger partial charge in [-0.1, -0.05) is 0 Å². The Bertz CT molecular complexity index is 674. The van der Waals surface area contributed by atoms with Crippen LogP contribution in [0, 0.1) is 6.92 Å². The first-order valence-corrected chi connectivity index (χ1v) is 7.31. The predicted octanol–water partition coefficient (Wildman–Crippen LogP) is 3.75. The number of halogens is 6. The van der Waals surface area contributed by atoms with Gasteiger partial charge in [-0.05, 0) is 31.2 Å². The summed E-state index contributed by atoms with van der Waals surface area (Å²) in [5.74, 6) is 0.632. The summed E-state index contributed by atoms with van der Waals surface area (Å²) in [6.07, 6.45) is -4.68. The lowest BCUT2D eigenvalue weighted by Gasteiger charge is -2.27. The first kappa shape index (κ1) is 24.7. The van der Waals surface area contributed by atoms with Crippen molar-refractivity contribution in [3.05, 3.63) is 36.0 Å². The summed E-state index contributed by atoms with van der Waals surface area (Å²) in [4.78, 5) is 2.18. The van der Waals surface area contributed by atoms with E-state index in [1.165, 1.54) is 12.1 Å². The topological polar surface area (TPSA) is 42.3 Å². The molecule has 0 saturated carbocycles. The van der Waals surface area contributed by atoms with Crippen molar-refractivity contribution in [2.45, 2.75) is 13.3 Å². The minimum Gasteiger partial charge on any atom is -0.406 e. The minimum atomic E-state index is -4.68. The van der Waals surface area contributed by atoms with Gasteiger partial charge >= 0.3 is 6.36 Å². The average Bonchev–Trinajstić information content (AvgIpc) is 2.89. The summed E-state index contributed by atoms with van der Waals surface area (Å²) in [5.41, 5.74) is 1.61. The molecule has 3 rings (SSSR count). The normalized spacial score (nSPS) is 13.9. The van der Waals surface area contributed by atoms with Crippen molar-refractivity contribution in [1.29, 1.82) is 0 Å². The van der Waals surface area contributed by atoms with Gasteiger partial charge in [0, 0.05) is 37.9 Å². The molecule has 5 nitrogen and oxygen atoms in total.